The summed E-state index contributed by atoms with van der Waals surface area (Å²) >= 11 is 6.85. The zero-order valence-corrected chi connectivity index (χ0v) is 20.4. The van der Waals surface area contributed by atoms with Crippen molar-refractivity contribution < 1.29 is 19.1 Å². The molecule has 7 nitrogen and oxygen atoms in total. The summed E-state index contributed by atoms with van der Waals surface area (Å²) < 4.78 is 14.3. The maximum Gasteiger partial charge on any atom is 0.354 e. The molecule has 0 atom stereocenters. The van der Waals surface area contributed by atoms with E-state index in [9.17, 15) is 9.59 Å². The molecule has 0 unspecified atom stereocenters. The van der Waals surface area contributed by atoms with Gasteiger partial charge in [0.25, 0.3) is 0 Å². The Hall–Kier alpha value is -2.80. The van der Waals surface area contributed by atoms with Gasteiger partial charge in [-0.3, -0.25) is 9.48 Å². The Bertz CT molecular complexity index is 1220. The van der Waals surface area contributed by atoms with E-state index in [1.807, 2.05) is 23.7 Å². The Balaban J connectivity index is 1.95. The minimum absolute atomic E-state index is 0.295. The molecule has 1 aliphatic rings. The SMILES string of the molecule is CCc1nn2c(c1-c1c(Cl)ccc3c(CCCOC(C)=O)c(C(=O)OC)n(C)c13)CCCC2. The van der Waals surface area contributed by atoms with Crippen molar-refractivity contribution in [1.29, 1.82) is 0 Å². The van der Waals surface area contributed by atoms with Crippen LogP contribution in [0.15, 0.2) is 12.1 Å². The number of carbonyl (C=O) groups is 2. The fraction of sp³-hybridized carbons (Fsp3) is 0.480. The molecule has 3 heterocycles. The summed E-state index contributed by atoms with van der Waals surface area (Å²) in [6.45, 7) is 4.71. The van der Waals surface area contributed by atoms with Gasteiger partial charge in [0.1, 0.15) is 5.69 Å². The highest BCUT2D eigenvalue weighted by Gasteiger charge is 2.29. The van der Waals surface area contributed by atoms with Crippen LogP contribution in [0.1, 0.15) is 60.5 Å². The van der Waals surface area contributed by atoms with E-state index in [1.54, 1.807) is 0 Å². The van der Waals surface area contributed by atoms with Gasteiger partial charge in [0, 0.05) is 42.7 Å². The third-order valence-electron chi connectivity index (χ3n) is 6.41. The fourth-order valence-electron chi connectivity index (χ4n) is 4.99. The van der Waals surface area contributed by atoms with Crippen LogP contribution in [0, 0.1) is 0 Å². The van der Waals surface area contributed by atoms with Gasteiger partial charge in [-0.1, -0.05) is 24.6 Å². The summed E-state index contributed by atoms with van der Waals surface area (Å²) in [7, 11) is 3.27. The summed E-state index contributed by atoms with van der Waals surface area (Å²) in [5.41, 5.74) is 6.54. The van der Waals surface area contributed by atoms with E-state index < -0.39 is 5.97 Å². The number of hydrogen-bond acceptors (Lipinski definition) is 5. The highest BCUT2D eigenvalue weighted by molar-refractivity contribution is 6.35. The molecule has 33 heavy (non-hydrogen) atoms. The number of halogens is 1. The minimum atomic E-state index is -0.397. The zero-order valence-electron chi connectivity index (χ0n) is 19.7. The number of aryl methyl sites for hydroxylation is 4. The van der Waals surface area contributed by atoms with Crippen LogP contribution in [0.3, 0.4) is 0 Å². The molecular weight excluding hydrogens is 442 g/mol. The van der Waals surface area contributed by atoms with E-state index >= 15 is 0 Å². The molecule has 4 rings (SSSR count). The monoisotopic (exact) mass is 471 g/mol. The molecule has 1 aliphatic heterocycles. The topological polar surface area (TPSA) is 75.3 Å². The first-order valence-corrected chi connectivity index (χ1v) is 11.9. The average molecular weight is 472 g/mol. The van der Waals surface area contributed by atoms with Gasteiger partial charge < -0.3 is 14.0 Å². The van der Waals surface area contributed by atoms with Gasteiger partial charge in [0.2, 0.25) is 0 Å². The minimum Gasteiger partial charge on any atom is -0.466 e. The van der Waals surface area contributed by atoms with Gasteiger partial charge in [0.15, 0.2) is 0 Å². The molecule has 0 spiro atoms. The number of nitrogens with zero attached hydrogens (tertiary/aromatic N) is 3. The van der Waals surface area contributed by atoms with Gasteiger partial charge >= 0.3 is 11.9 Å². The highest BCUT2D eigenvalue weighted by Crippen LogP contribution is 2.43. The number of aromatic nitrogens is 3. The van der Waals surface area contributed by atoms with Gasteiger partial charge in [0.05, 0.1) is 29.9 Å². The van der Waals surface area contributed by atoms with Crippen molar-refractivity contribution in [3.63, 3.8) is 0 Å². The Kier molecular flexibility index (Phi) is 6.79. The Labute approximate surface area is 198 Å². The van der Waals surface area contributed by atoms with Crippen molar-refractivity contribution in [3.05, 3.63) is 39.8 Å². The number of methoxy groups -OCH3 is 1. The number of carbonyl (C=O) groups excluding carboxylic acids is 2. The number of fused-ring (bicyclic) bond motifs is 2. The van der Waals surface area contributed by atoms with Gasteiger partial charge in [-0.2, -0.15) is 5.10 Å². The summed E-state index contributed by atoms with van der Waals surface area (Å²) in [5.74, 6) is -0.709. The van der Waals surface area contributed by atoms with E-state index in [0.29, 0.717) is 30.2 Å². The first-order chi connectivity index (χ1) is 15.9. The first-order valence-electron chi connectivity index (χ1n) is 11.5. The molecule has 1 aromatic carbocycles. The molecule has 0 bridgehead atoms. The largest absolute Gasteiger partial charge is 0.466 e. The Morgan fingerprint density at radius 3 is 2.70 bits per heavy atom. The van der Waals surface area contributed by atoms with E-state index in [4.69, 9.17) is 26.2 Å². The van der Waals surface area contributed by atoms with Crippen LogP contribution in [0.5, 0.6) is 0 Å². The molecule has 3 aromatic rings. The standard InChI is InChI=1S/C25H30ClN3O4/c1-5-19-22(20-10-6-7-13-29(20)27-19)21-18(26)12-11-17-16(9-8-14-33-15(2)30)24(25(31)32-4)28(3)23(17)21/h11-12H,5-10,13-14H2,1-4H3. The third-order valence-corrected chi connectivity index (χ3v) is 6.73. The lowest BCUT2D eigenvalue weighted by Crippen LogP contribution is -2.12. The lowest BCUT2D eigenvalue weighted by atomic mass is 9.95. The summed E-state index contributed by atoms with van der Waals surface area (Å²) in [6.07, 6.45) is 5.17. The predicted octanol–water partition coefficient (Wildman–Crippen LogP) is 4.88. The van der Waals surface area contributed by atoms with Crippen molar-refractivity contribution in [2.45, 2.75) is 58.9 Å². The average Bonchev–Trinajstić information content (AvgIpc) is 3.31. The lowest BCUT2D eigenvalue weighted by Gasteiger charge is -2.16. The van der Waals surface area contributed by atoms with Crippen molar-refractivity contribution in [3.8, 4) is 11.1 Å². The van der Waals surface area contributed by atoms with Crippen LogP contribution in [0.4, 0.5) is 0 Å². The number of rotatable bonds is 7. The Morgan fingerprint density at radius 1 is 1.21 bits per heavy atom. The number of esters is 2. The van der Waals surface area contributed by atoms with Crippen LogP contribution in [0.25, 0.3) is 22.0 Å². The van der Waals surface area contributed by atoms with Crippen LogP contribution in [0.2, 0.25) is 5.02 Å². The van der Waals surface area contributed by atoms with Crippen molar-refractivity contribution in [2.75, 3.05) is 13.7 Å². The van der Waals surface area contributed by atoms with Crippen LogP contribution in [-0.4, -0.2) is 40.0 Å². The van der Waals surface area contributed by atoms with Crippen molar-refractivity contribution >= 4 is 34.4 Å². The van der Waals surface area contributed by atoms with Gasteiger partial charge in [-0.15, -0.1) is 0 Å². The van der Waals surface area contributed by atoms with E-state index in [-0.39, 0.29) is 5.97 Å². The molecule has 0 saturated carbocycles. The normalized spacial score (nSPS) is 13.2. The second-order valence-electron chi connectivity index (χ2n) is 8.44. The molecule has 2 aromatic heterocycles. The van der Waals surface area contributed by atoms with E-state index in [0.717, 1.165) is 65.5 Å². The van der Waals surface area contributed by atoms with Gasteiger partial charge in [-0.05, 0) is 50.2 Å². The maximum absolute atomic E-state index is 12.8. The molecular formula is C25H30ClN3O4. The Morgan fingerprint density at radius 2 is 2.00 bits per heavy atom. The third kappa shape index (κ3) is 4.14. The highest BCUT2D eigenvalue weighted by atomic mass is 35.5. The lowest BCUT2D eigenvalue weighted by molar-refractivity contribution is -0.141. The van der Waals surface area contributed by atoms with E-state index in [1.165, 1.54) is 19.7 Å². The molecule has 0 fully saturated rings. The first kappa shape index (κ1) is 23.4. The molecule has 0 N–H and O–H groups in total. The number of hydrogen-bond donors (Lipinski definition) is 0. The molecule has 0 amide bonds. The van der Waals surface area contributed by atoms with Gasteiger partial charge in [-0.25, -0.2) is 4.79 Å². The zero-order chi connectivity index (χ0) is 23.7. The molecule has 8 heteroatoms. The summed E-state index contributed by atoms with van der Waals surface area (Å²) in [6, 6.07) is 3.87. The predicted molar refractivity (Wildman–Crippen MR) is 128 cm³/mol. The molecule has 176 valence electrons. The number of ether oxygens (including phenoxy) is 2. The van der Waals surface area contributed by atoms with E-state index in [2.05, 4.69) is 11.6 Å². The molecule has 0 saturated heterocycles. The summed E-state index contributed by atoms with van der Waals surface area (Å²) in [5, 5.41) is 6.49. The van der Waals surface area contributed by atoms with Crippen LogP contribution >= 0.6 is 11.6 Å². The summed E-state index contributed by atoms with van der Waals surface area (Å²) in [4.78, 5) is 24.0. The molecule has 0 aliphatic carbocycles. The van der Waals surface area contributed by atoms with Crippen LogP contribution < -0.4 is 0 Å². The van der Waals surface area contributed by atoms with Crippen molar-refractivity contribution in [1.82, 2.24) is 14.3 Å². The quantitative estimate of drug-likeness (QED) is 0.362. The second-order valence-corrected chi connectivity index (χ2v) is 8.85. The van der Waals surface area contributed by atoms with Crippen molar-refractivity contribution in [2.24, 2.45) is 7.05 Å². The number of benzene rings is 1. The maximum atomic E-state index is 12.8. The fourth-order valence-corrected chi connectivity index (χ4v) is 5.24. The molecule has 0 radical (unpaired) electrons. The second kappa shape index (κ2) is 9.59. The van der Waals surface area contributed by atoms with Crippen LogP contribution in [-0.2, 0) is 47.1 Å². The smallest absolute Gasteiger partial charge is 0.354 e.